The summed E-state index contributed by atoms with van der Waals surface area (Å²) in [7, 11) is 0. The Kier molecular flexibility index (Phi) is 6.85. The summed E-state index contributed by atoms with van der Waals surface area (Å²) in [5.41, 5.74) is 1.71. The first kappa shape index (κ1) is 22.1. The number of benzene rings is 2. The fourth-order valence-corrected chi connectivity index (χ4v) is 5.07. The molecule has 2 aliphatic heterocycles. The SMILES string of the molecule is C[C@@H](NC(=O)c1cccc(Cl)c1)C(=O)NC1C[C@@H]2CC[C@@H](C1)N2Cc1ccc(Cl)cc1. The minimum atomic E-state index is -0.615. The maximum Gasteiger partial charge on any atom is 0.251 e. The van der Waals surface area contributed by atoms with Gasteiger partial charge in [-0.1, -0.05) is 41.4 Å². The molecule has 0 saturated carbocycles. The topological polar surface area (TPSA) is 61.4 Å². The number of rotatable bonds is 6. The number of halogens is 2. The van der Waals surface area contributed by atoms with Gasteiger partial charge in [0.2, 0.25) is 5.91 Å². The minimum absolute atomic E-state index is 0.136. The number of piperidine rings is 1. The molecular formula is C24H27Cl2N3O2. The Balaban J connectivity index is 1.30. The van der Waals surface area contributed by atoms with Gasteiger partial charge in [0.15, 0.2) is 0 Å². The molecule has 0 aliphatic carbocycles. The molecule has 2 N–H and O–H groups in total. The standard InChI is InChI=1S/C24H27Cl2N3O2/c1-15(27-24(31)17-3-2-4-19(26)11-17)23(30)28-20-12-21-9-10-22(13-20)29(21)14-16-5-7-18(25)8-6-16/h2-8,11,15,20-22H,9-10,12-14H2,1H3,(H,27,31)(H,28,30)/t15-,21+,22+/m1/s1. The van der Waals surface area contributed by atoms with Crippen LogP contribution in [0.2, 0.25) is 10.0 Å². The first-order valence-corrected chi connectivity index (χ1v) is 11.5. The molecule has 2 bridgehead atoms. The highest BCUT2D eigenvalue weighted by Crippen LogP contribution is 2.37. The van der Waals surface area contributed by atoms with Crippen LogP contribution in [0, 0.1) is 0 Å². The lowest BCUT2D eigenvalue weighted by atomic mass is 9.96. The second-order valence-electron chi connectivity index (χ2n) is 8.57. The van der Waals surface area contributed by atoms with E-state index in [2.05, 4.69) is 27.7 Å². The summed E-state index contributed by atoms with van der Waals surface area (Å²) in [4.78, 5) is 27.7. The Bertz CT molecular complexity index is 936. The highest BCUT2D eigenvalue weighted by molar-refractivity contribution is 6.31. The zero-order chi connectivity index (χ0) is 22.0. The second-order valence-corrected chi connectivity index (χ2v) is 9.44. The number of carbonyl (C=O) groups excluding carboxylic acids is 2. The summed E-state index contributed by atoms with van der Waals surface area (Å²) in [5, 5.41) is 7.17. The van der Waals surface area contributed by atoms with E-state index in [0.29, 0.717) is 22.7 Å². The number of hydrogen-bond donors (Lipinski definition) is 2. The minimum Gasteiger partial charge on any atom is -0.351 e. The molecule has 5 nitrogen and oxygen atoms in total. The van der Waals surface area contributed by atoms with Crippen molar-refractivity contribution in [2.45, 2.75) is 63.3 Å². The third-order valence-corrected chi connectivity index (χ3v) is 6.82. The van der Waals surface area contributed by atoms with Gasteiger partial charge >= 0.3 is 0 Å². The number of amides is 2. The first-order chi connectivity index (χ1) is 14.9. The van der Waals surface area contributed by atoms with Crippen molar-refractivity contribution < 1.29 is 9.59 Å². The average molecular weight is 460 g/mol. The molecule has 7 heteroatoms. The molecule has 0 aromatic heterocycles. The van der Waals surface area contributed by atoms with Gasteiger partial charge in [-0.05, 0) is 68.5 Å². The summed E-state index contributed by atoms with van der Waals surface area (Å²) >= 11 is 12.0. The third kappa shape index (κ3) is 5.40. The van der Waals surface area contributed by atoms with Crippen molar-refractivity contribution in [3.05, 3.63) is 69.7 Å². The van der Waals surface area contributed by atoms with Gasteiger partial charge in [0.05, 0.1) is 0 Å². The highest BCUT2D eigenvalue weighted by Gasteiger charge is 2.41. The average Bonchev–Trinajstić information content (AvgIpc) is 2.97. The van der Waals surface area contributed by atoms with Gasteiger partial charge in [-0.15, -0.1) is 0 Å². The van der Waals surface area contributed by atoms with E-state index in [1.807, 2.05) is 12.1 Å². The summed E-state index contributed by atoms with van der Waals surface area (Å²) in [6, 6.07) is 15.2. The fourth-order valence-electron chi connectivity index (χ4n) is 4.75. The number of fused-ring (bicyclic) bond motifs is 2. The van der Waals surface area contributed by atoms with Gasteiger partial charge in [-0.3, -0.25) is 14.5 Å². The van der Waals surface area contributed by atoms with Gasteiger partial charge in [0, 0.05) is 40.3 Å². The van der Waals surface area contributed by atoms with Crippen molar-refractivity contribution in [1.29, 1.82) is 0 Å². The van der Waals surface area contributed by atoms with E-state index in [1.54, 1.807) is 31.2 Å². The van der Waals surface area contributed by atoms with Gasteiger partial charge < -0.3 is 10.6 Å². The molecule has 2 amide bonds. The lowest BCUT2D eigenvalue weighted by Crippen LogP contribution is -2.53. The summed E-state index contributed by atoms with van der Waals surface area (Å²) in [6.45, 7) is 2.63. The molecule has 2 heterocycles. The lowest BCUT2D eigenvalue weighted by Gasteiger charge is -2.39. The summed E-state index contributed by atoms with van der Waals surface area (Å²) in [5.74, 6) is -0.450. The maximum absolute atomic E-state index is 12.7. The van der Waals surface area contributed by atoms with Gasteiger partial charge in [-0.25, -0.2) is 0 Å². The molecule has 2 aliphatic rings. The van der Waals surface area contributed by atoms with Crippen LogP contribution >= 0.6 is 23.2 Å². The van der Waals surface area contributed by atoms with Crippen molar-refractivity contribution in [2.24, 2.45) is 0 Å². The number of carbonyl (C=O) groups is 2. The molecule has 3 atom stereocenters. The fraction of sp³-hybridized carbons (Fsp3) is 0.417. The number of hydrogen-bond acceptors (Lipinski definition) is 3. The Morgan fingerprint density at radius 1 is 1.03 bits per heavy atom. The van der Waals surface area contributed by atoms with Crippen molar-refractivity contribution in [3.63, 3.8) is 0 Å². The van der Waals surface area contributed by atoms with Crippen LogP contribution in [0.1, 0.15) is 48.5 Å². The number of nitrogens with one attached hydrogen (secondary N) is 2. The van der Waals surface area contributed by atoms with E-state index in [4.69, 9.17) is 23.2 Å². The molecular weight excluding hydrogens is 433 g/mol. The van der Waals surface area contributed by atoms with E-state index in [-0.39, 0.29) is 17.9 Å². The van der Waals surface area contributed by atoms with E-state index in [9.17, 15) is 9.59 Å². The molecule has 4 rings (SSSR count). The highest BCUT2D eigenvalue weighted by atomic mass is 35.5. The summed E-state index contributed by atoms with van der Waals surface area (Å²) in [6.07, 6.45) is 4.19. The maximum atomic E-state index is 12.7. The van der Waals surface area contributed by atoms with Crippen molar-refractivity contribution in [2.75, 3.05) is 0 Å². The molecule has 2 saturated heterocycles. The van der Waals surface area contributed by atoms with Crippen LogP contribution < -0.4 is 10.6 Å². The van der Waals surface area contributed by atoms with Gasteiger partial charge in [0.25, 0.3) is 5.91 Å². The van der Waals surface area contributed by atoms with Crippen LogP contribution in [-0.4, -0.2) is 40.9 Å². The van der Waals surface area contributed by atoms with Crippen LogP contribution in [0.4, 0.5) is 0 Å². The predicted molar refractivity (Wildman–Crippen MR) is 123 cm³/mol. The van der Waals surface area contributed by atoms with Crippen LogP contribution in [0.15, 0.2) is 48.5 Å². The zero-order valence-electron chi connectivity index (χ0n) is 17.5. The molecule has 2 aromatic carbocycles. The molecule has 31 heavy (non-hydrogen) atoms. The molecule has 0 radical (unpaired) electrons. The second kappa shape index (κ2) is 9.60. The molecule has 2 aromatic rings. The van der Waals surface area contributed by atoms with Crippen LogP contribution in [0.3, 0.4) is 0 Å². The normalized spacial score (nSPS) is 23.9. The van der Waals surface area contributed by atoms with Crippen molar-refractivity contribution in [3.8, 4) is 0 Å². The Morgan fingerprint density at radius 2 is 1.71 bits per heavy atom. The van der Waals surface area contributed by atoms with Crippen molar-refractivity contribution >= 4 is 35.0 Å². The molecule has 2 fully saturated rings. The largest absolute Gasteiger partial charge is 0.351 e. The van der Waals surface area contributed by atoms with Crippen LogP contribution in [0.25, 0.3) is 0 Å². The summed E-state index contributed by atoms with van der Waals surface area (Å²) < 4.78 is 0. The molecule has 0 unspecified atom stereocenters. The quantitative estimate of drug-likeness (QED) is 0.671. The molecule has 0 spiro atoms. The Morgan fingerprint density at radius 3 is 2.35 bits per heavy atom. The van der Waals surface area contributed by atoms with E-state index >= 15 is 0 Å². The van der Waals surface area contributed by atoms with E-state index in [0.717, 1.165) is 37.3 Å². The lowest BCUT2D eigenvalue weighted by molar-refractivity contribution is -0.123. The van der Waals surface area contributed by atoms with Gasteiger partial charge in [-0.2, -0.15) is 0 Å². The van der Waals surface area contributed by atoms with Crippen molar-refractivity contribution in [1.82, 2.24) is 15.5 Å². The van der Waals surface area contributed by atoms with Gasteiger partial charge in [0.1, 0.15) is 6.04 Å². The molecule has 164 valence electrons. The third-order valence-electron chi connectivity index (χ3n) is 6.34. The smallest absolute Gasteiger partial charge is 0.251 e. The van der Waals surface area contributed by atoms with E-state index in [1.165, 1.54) is 5.56 Å². The predicted octanol–water partition coefficient (Wildman–Crippen LogP) is 4.42. The zero-order valence-corrected chi connectivity index (χ0v) is 19.0. The number of nitrogens with zero attached hydrogens (tertiary/aromatic N) is 1. The Labute approximate surface area is 193 Å². The first-order valence-electron chi connectivity index (χ1n) is 10.8. The Hall–Kier alpha value is -2.08. The van der Waals surface area contributed by atoms with Crippen LogP contribution in [-0.2, 0) is 11.3 Å². The van der Waals surface area contributed by atoms with Crippen LogP contribution in [0.5, 0.6) is 0 Å². The van der Waals surface area contributed by atoms with E-state index < -0.39 is 6.04 Å². The monoisotopic (exact) mass is 459 g/mol.